The highest BCUT2D eigenvalue weighted by molar-refractivity contribution is 5.98. The van der Waals surface area contributed by atoms with Gasteiger partial charge in [-0.1, -0.05) is 12.1 Å². The molecule has 21 heavy (non-hydrogen) atoms. The molecule has 0 heterocycles. The van der Waals surface area contributed by atoms with Crippen molar-refractivity contribution in [2.45, 2.75) is 6.61 Å². The van der Waals surface area contributed by atoms with Crippen LogP contribution in [0.15, 0.2) is 59.6 Å². The molecule has 5 heteroatoms. The Balaban J connectivity index is 2.22. The third-order valence-electron chi connectivity index (χ3n) is 2.78. The van der Waals surface area contributed by atoms with Crippen LogP contribution in [0, 0.1) is 5.82 Å². The van der Waals surface area contributed by atoms with Crippen molar-refractivity contribution in [3.05, 3.63) is 71.6 Å². The molecule has 0 saturated heterocycles. The van der Waals surface area contributed by atoms with Gasteiger partial charge in [-0.2, -0.15) is 0 Å². The standard InChI is InChI=1S/C16H15FN2O2/c17-13-6-4-12(5-7-13)15(21)9-16(18)19-14-3-1-2-11(8-14)10-20/h1-9,20-21H,10H2,(H2,18,19)/b15-9-. The maximum Gasteiger partial charge on any atom is 0.127 e. The van der Waals surface area contributed by atoms with Gasteiger partial charge in [0.1, 0.15) is 17.4 Å². The molecule has 0 unspecified atom stereocenters. The second kappa shape index (κ2) is 6.67. The number of aliphatic imine (C=N–C) groups is 1. The average molecular weight is 286 g/mol. The molecule has 108 valence electrons. The Morgan fingerprint density at radius 1 is 1.19 bits per heavy atom. The fourth-order valence-electron chi connectivity index (χ4n) is 1.75. The first-order chi connectivity index (χ1) is 10.1. The Kier molecular flexibility index (Phi) is 4.68. The first kappa shape index (κ1) is 14.7. The van der Waals surface area contributed by atoms with E-state index in [-0.39, 0.29) is 24.0 Å². The monoisotopic (exact) mass is 286 g/mol. The number of amidine groups is 1. The molecule has 4 nitrogen and oxygen atoms in total. The second-order valence-corrected chi connectivity index (χ2v) is 4.40. The largest absolute Gasteiger partial charge is 0.507 e. The summed E-state index contributed by atoms with van der Waals surface area (Å²) in [5.41, 5.74) is 7.48. The Morgan fingerprint density at radius 3 is 2.57 bits per heavy atom. The fourth-order valence-corrected chi connectivity index (χ4v) is 1.75. The van der Waals surface area contributed by atoms with Gasteiger partial charge >= 0.3 is 0 Å². The van der Waals surface area contributed by atoms with E-state index >= 15 is 0 Å². The summed E-state index contributed by atoms with van der Waals surface area (Å²) >= 11 is 0. The van der Waals surface area contributed by atoms with Crippen LogP contribution in [0.5, 0.6) is 0 Å². The topological polar surface area (TPSA) is 78.8 Å². The number of halogens is 1. The van der Waals surface area contributed by atoms with Gasteiger partial charge in [0.2, 0.25) is 0 Å². The van der Waals surface area contributed by atoms with E-state index < -0.39 is 0 Å². The summed E-state index contributed by atoms with van der Waals surface area (Å²) in [4.78, 5) is 4.12. The average Bonchev–Trinajstić information content (AvgIpc) is 2.47. The van der Waals surface area contributed by atoms with Gasteiger partial charge in [-0.3, -0.25) is 0 Å². The first-order valence-corrected chi connectivity index (χ1v) is 6.29. The molecule has 0 radical (unpaired) electrons. The second-order valence-electron chi connectivity index (χ2n) is 4.40. The molecule has 0 spiro atoms. The van der Waals surface area contributed by atoms with Gasteiger partial charge in [0.05, 0.1) is 12.3 Å². The molecule has 0 saturated carbocycles. The number of rotatable bonds is 4. The molecule has 0 aliphatic carbocycles. The lowest BCUT2D eigenvalue weighted by Gasteiger charge is -2.02. The number of nitrogens with two attached hydrogens (primary N) is 1. The number of nitrogens with zero attached hydrogens (tertiary/aromatic N) is 1. The highest BCUT2D eigenvalue weighted by Crippen LogP contribution is 2.16. The van der Waals surface area contributed by atoms with E-state index in [9.17, 15) is 9.50 Å². The van der Waals surface area contributed by atoms with Crippen LogP contribution in [0.2, 0.25) is 0 Å². The molecule has 2 rings (SSSR count). The summed E-state index contributed by atoms with van der Waals surface area (Å²) in [6.45, 7) is -0.0834. The summed E-state index contributed by atoms with van der Waals surface area (Å²) in [5.74, 6) is -0.379. The van der Waals surface area contributed by atoms with Crippen LogP contribution < -0.4 is 5.73 Å². The minimum atomic E-state index is -0.381. The van der Waals surface area contributed by atoms with Gasteiger partial charge in [-0.15, -0.1) is 0 Å². The van der Waals surface area contributed by atoms with Gasteiger partial charge in [0.25, 0.3) is 0 Å². The molecule has 0 bridgehead atoms. The van der Waals surface area contributed by atoms with Crippen LogP contribution in [-0.4, -0.2) is 16.0 Å². The van der Waals surface area contributed by atoms with Crippen molar-refractivity contribution in [1.82, 2.24) is 0 Å². The highest BCUT2D eigenvalue weighted by atomic mass is 19.1. The lowest BCUT2D eigenvalue weighted by atomic mass is 10.1. The van der Waals surface area contributed by atoms with E-state index in [0.717, 1.165) is 5.56 Å². The quantitative estimate of drug-likeness (QED) is 0.459. The van der Waals surface area contributed by atoms with E-state index in [4.69, 9.17) is 10.8 Å². The zero-order chi connectivity index (χ0) is 15.2. The molecular weight excluding hydrogens is 271 g/mol. The number of hydrogen-bond acceptors (Lipinski definition) is 3. The van der Waals surface area contributed by atoms with Crippen molar-refractivity contribution >= 4 is 17.3 Å². The molecule has 2 aromatic rings. The van der Waals surface area contributed by atoms with Crippen molar-refractivity contribution in [3.63, 3.8) is 0 Å². The third-order valence-corrected chi connectivity index (χ3v) is 2.78. The number of aliphatic hydroxyl groups excluding tert-OH is 2. The van der Waals surface area contributed by atoms with Crippen LogP contribution >= 0.6 is 0 Å². The summed E-state index contributed by atoms with van der Waals surface area (Å²) in [6, 6.07) is 12.3. The minimum Gasteiger partial charge on any atom is -0.507 e. The van der Waals surface area contributed by atoms with Crippen molar-refractivity contribution in [1.29, 1.82) is 0 Å². The van der Waals surface area contributed by atoms with Crippen molar-refractivity contribution in [2.24, 2.45) is 10.7 Å². The summed E-state index contributed by atoms with van der Waals surface area (Å²) in [5, 5.41) is 18.9. The van der Waals surface area contributed by atoms with Gasteiger partial charge in [0, 0.05) is 11.6 Å². The van der Waals surface area contributed by atoms with Gasteiger partial charge in [0.15, 0.2) is 0 Å². The molecule has 0 atom stereocenters. The van der Waals surface area contributed by atoms with Crippen molar-refractivity contribution < 1.29 is 14.6 Å². The van der Waals surface area contributed by atoms with Crippen LogP contribution in [0.4, 0.5) is 10.1 Å². The Labute approximate surface area is 121 Å². The zero-order valence-corrected chi connectivity index (χ0v) is 11.2. The smallest absolute Gasteiger partial charge is 0.127 e. The fraction of sp³-hybridized carbons (Fsp3) is 0.0625. The lowest BCUT2D eigenvalue weighted by molar-refractivity contribution is 0.282. The maximum absolute atomic E-state index is 12.8. The van der Waals surface area contributed by atoms with Crippen LogP contribution in [0.25, 0.3) is 5.76 Å². The Morgan fingerprint density at radius 2 is 1.90 bits per heavy atom. The Bertz CT molecular complexity index is 679. The van der Waals surface area contributed by atoms with Gasteiger partial charge in [-0.25, -0.2) is 9.38 Å². The molecule has 0 aliphatic heterocycles. The zero-order valence-electron chi connectivity index (χ0n) is 11.2. The minimum absolute atomic E-state index is 0.0834. The molecule has 0 aromatic heterocycles. The maximum atomic E-state index is 12.8. The molecule has 0 amide bonds. The Hall–Kier alpha value is -2.66. The summed E-state index contributed by atoms with van der Waals surface area (Å²) < 4.78 is 12.8. The predicted molar refractivity (Wildman–Crippen MR) is 80.7 cm³/mol. The van der Waals surface area contributed by atoms with Crippen molar-refractivity contribution in [2.75, 3.05) is 0 Å². The van der Waals surface area contributed by atoms with Gasteiger partial charge in [-0.05, 0) is 42.0 Å². The summed E-state index contributed by atoms with van der Waals surface area (Å²) in [7, 11) is 0. The summed E-state index contributed by atoms with van der Waals surface area (Å²) in [6.07, 6.45) is 1.29. The first-order valence-electron chi connectivity index (χ1n) is 6.29. The van der Waals surface area contributed by atoms with E-state index in [0.29, 0.717) is 11.3 Å². The SMILES string of the molecule is NC(/C=C(\O)c1ccc(F)cc1)=Nc1cccc(CO)c1. The van der Waals surface area contributed by atoms with Crippen LogP contribution in [0.3, 0.4) is 0 Å². The van der Waals surface area contributed by atoms with E-state index in [2.05, 4.69) is 4.99 Å². The van der Waals surface area contributed by atoms with E-state index in [1.165, 1.54) is 30.3 Å². The number of benzene rings is 2. The highest BCUT2D eigenvalue weighted by Gasteiger charge is 2.01. The lowest BCUT2D eigenvalue weighted by Crippen LogP contribution is -2.08. The van der Waals surface area contributed by atoms with Gasteiger partial charge < -0.3 is 15.9 Å². The van der Waals surface area contributed by atoms with Crippen LogP contribution in [-0.2, 0) is 6.61 Å². The van der Waals surface area contributed by atoms with Crippen LogP contribution in [0.1, 0.15) is 11.1 Å². The molecular formula is C16H15FN2O2. The van der Waals surface area contributed by atoms with E-state index in [1.807, 2.05) is 0 Å². The number of aliphatic hydroxyl groups is 2. The molecule has 0 aliphatic rings. The molecule has 4 N–H and O–H groups in total. The number of hydrogen-bond donors (Lipinski definition) is 3. The normalized spacial score (nSPS) is 12.5. The molecule has 2 aromatic carbocycles. The predicted octanol–water partition coefficient (Wildman–Crippen LogP) is 2.91. The van der Waals surface area contributed by atoms with Crippen molar-refractivity contribution in [3.8, 4) is 0 Å². The van der Waals surface area contributed by atoms with E-state index in [1.54, 1.807) is 24.3 Å². The molecule has 0 fully saturated rings. The third kappa shape index (κ3) is 4.15.